The maximum absolute atomic E-state index is 14.4. The number of esters is 4. The first kappa shape index (κ1) is 36.3. The van der Waals surface area contributed by atoms with Gasteiger partial charge in [0.15, 0.2) is 6.29 Å². The Kier molecular flexibility index (Phi) is 7.80. The summed E-state index contributed by atoms with van der Waals surface area (Å²) in [7, 11) is 3.67. The topological polar surface area (TPSA) is 201 Å². The quantitative estimate of drug-likeness (QED) is 0.214. The SMILES string of the molecule is C/C=C(\C)C(=O)O[C@H]1C[C@@H](OC(C)=O)[C@@]2(C(=O)OC)CO[C@H]3[C@H]4O[C@]5(C)[C@H]6C[C@H](O[C@@H]7OCC[C@@]76O)[C@]5(O)[C@@]4(C)[C@@H]4[C@@](OC)(C(=O)OC)OC[C@@]14[C@@H]32. The van der Waals surface area contributed by atoms with Crippen molar-refractivity contribution in [3.63, 3.8) is 0 Å². The lowest BCUT2D eigenvalue weighted by molar-refractivity contribution is -0.319. The Morgan fingerprint density at radius 3 is 2.25 bits per heavy atom. The smallest absolute Gasteiger partial charge is 0.366 e. The van der Waals surface area contributed by atoms with Crippen LogP contribution in [0.3, 0.4) is 0 Å². The molecule has 288 valence electrons. The number of carbonyl (C=O) groups is 4. The van der Waals surface area contributed by atoms with Crippen LogP contribution in [0.4, 0.5) is 0 Å². The van der Waals surface area contributed by atoms with Gasteiger partial charge in [-0.15, -0.1) is 0 Å². The lowest BCUT2D eigenvalue weighted by Gasteiger charge is -2.65. The fourth-order valence-electron chi connectivity index (χ4n) is 12.8. The van der Waals surface area contributed by atoms with Gasteiger partial charge in [0.05, 0.1) is 52.4 Å². The zero-order chi connectivity index (χ0) is 37.6. The van der Waals surface area contributed by atoms with E-state index in [0.29, 0.717) is 0 Å². The number of fused-ring (bicyclic) bond motifs is 11. The van der Waals surface area contributed by atoms with Crippen LogP contribution in [0.5, 0.6) is 0 Å². The highest BCUT2D eigenvalue weighted by molar-refractivity contribution is 5.88. The van der Waals surface area contributed by atoms with Gasteiger partial charge in [-0.3, -0.25) is 9.59 Å². The van der Waals surface area contributed by atoms with E-state index in [1.807, 2.05) is 0 Å². The second kappa shape index (κ2) is 11.2. The molecule has 5 saturated heterocycles. The van der Waals surface area contributed by atoms with Crippen LogP contribution in [0.1, 0.15) is 53.9 Å². The third-order valence-corrected chi connectivity index (χ3v) is 14.8. The van der Waals surface area contributed by atoms with Gasteiger partial charge in [-0.05, 0) is 27.2 Å². The number of hydrogen-bond acceptors (Lipinski definition) is 16. The first-order valence-electron chi connectivity index (χ1n) is 17.9. The zero-order valence-corrected chi connectivity index (χ0v) is 30.6. The Morgan fingerprint density at radius 1 is 0.904 bits per heavy atom. The fourth-order valence-corrected chi connectivity index (χ4v) is 12.8. The molecule has 8 fully saturated rings. The third kappa shape index (κ3) is 3.71. The predicted molar refractivity (Wildman–Crippen MR) is 169 cm³/mol. The molecule has 0 aromatic heterocycles. The normalized spacial score (nSPS) is 53.6. The highest BCUT2D eigenvalue weighted by Crippen LogP contribution is 2.81. The first-order valence-corrected chi connectivity index (χ1v) is 17.9. The van der Waals surface area contributed by atoms with Gasteiger partial charge in [0.25, 0.3) is 5.79 Å². The van der Waals surface area contributed by atoms with Crippen LogP contribution in [0, 0.1) is 34.0 Å². The lowest BCUT2D eigenvalue weighted by Crippen LogP contribution is -2.79. The summed E-state index contributed by atoms with van der Waals surface area (Å²) in [4.78, 5) is 55.2. The molecule has 0 radical (unpaired) electrons. The highest BCUT2D eigenvalue weighted by atomic mass is 16.7. The van der Waals surface area contributed by atoms with E-state index in [4.69, 9.17) is 47.4 Å². The maximum Gasteiger partial charge on any atom is 0.366 e. The van der Waals surface area contributed by atoms with Crippen molar-refractivity contribution in [3.8, 4) is 0 Å². The summed E-state index contributed by atoms with van der Waals surface area (Å²) in [5.74, 6) is -8.43. The van der Waals surface area contributed by atoms with E-state index >= 15 is 0 Å². The molecule has 16 nitrogen and oxygen atoms in total. The van der Waals surface area contributed by atoms with Crippen LogP contribution in [0.25, 0.3) is 0 Å². The molecule has 2 N–H and O–H groups in total. The molecule has 0 aromatic rings. The molecular weight excluding hydrogens is 688 g/mol. The molecule has 8 aliphatic rings. The van der Waals surface area contributed by atoms with Crippen molar-refractivity contribution in [1.82, 2.24) is 0 Å². The van der Waals surface area contributed by atoms with Crippen molar-refractivity contribution in [2.75, 3.05) is 41.2 Å². The van der Waals surface area contributed by atoms with Crippen LogP contribution in [0.2, 0.25) is 0 Å². The van der Waals surface area contributed by atoms with Gasteiger partial charge in [0.1, 0.15) is 34.4 Å². The van der Waals surface area contributed by atoms with Gasteiger partial charge in [0, 0.05) is 61.0 Å². The molecular formula is C36H48O16. The van der Waals surface area contributed by atoms with Crippen molar-refractivity contribution >= 4 is 23.9 Å². The average Bonchev–Trinajstić information content (AvgIpc) is 3.89. The Balaban J connectivity index is 1.43. The van der Waals surface area contributed by atoms with Gasteiger partial charge >= 0.3 is 23.9 Å². The van der Waals surface area contributed by atoms with Crippen LogP contribution in [-0.4, -0.2) is 135 Å². The number of allylic oxidation sites excluding steroid dienone is 1. The zero-order valence-electron chi connectivity index (χ0n) is 30.6. The van der Waals surface area contributed by atoms with Crippen molar-refractivity contribution < 1.29 is 76.8 Å². The number of ether oxygens (including phenoxy) is 10. The van der Waals surface area contributed by atoms with Crippen LogP contribution in [-0.2, 0) is 66.5 Å². The first-order chi connectivity index (χ1) is 24.5. The molecule has 52 heavy (non-hydrogen) atoms. The van der Waals surface area contributed by atoms with Gasteiger partial charge in [0.2, 0.25) is 0 Å². The van der Waals surface area contributed by atoms with E-state index in [2.05, 4.69) is 0 Å². The fraction of sp³-hybridized carbons (Fsp3) is 0.833. The molecule has 1 spiro atoms. The standard InChI is InChI=1S/C36H48O16/c1-9-16(2)25(38)50-19-13-20(49-17(3)37)33(27(39)43-6)14-47-22-23(33)32(19)15-48-35(45-8,28(40)44-7)26(32)30(4)24(22)52-31(5)18-12-21(36(30,31)42)51-29-34(18,41)10-11-46-29/h9,18-24,26,29,41-42H,10-15H2,1-8H3/b16-9+/t18-,19+,20-,21+,22-,23-,24-,26+,29+,30-,31-,32+,33+,34+,35+,36+/m1/s1. The Hall–Kier alpha value is -2.70. The van der Waals surface area contributed by atoms with Gasteiger partial charge in [-0.2, -0.15) is 0 Å². The molecule has 2 bridgehead atoms. The summed E-state index contributed by atoms with van der Waals surface area (Å²) in [5.41, 5.74) is -9.75. The third-order valence-electron chi connectivity index (χ3n) is 14.8. The number of carbonyl (C=O) groups excluding carboxylic acids is 4. The number of methoxy groups -OCH3 is 3. The van der Waals surface area contributed by atoms with Gasteiger partial charge < -0.3 is 57.6 Å². The van der Waals surface area contributed by atoms with Crippen LogP contribution < -0.4 is 0 Å². The minimum atomic E-state index is -2.27. The molecule has 16 heteroatoms. The average molecular weight is 737 g/mol. The lowest BCUT2D eigenvalue weighted by atomic mass is 9.37. The van der Waals surface area contributed by atoms with Crippen molar-refractivity contribution in [2.24, 2.45) is 34.0 Å². The molecule has 16 atom stereocenters. The summed E-state index contributed by atoms with van der Waals surface area (Å²) >= 11 is 0. The summed E-state index contributed by atoms with van der Waals surface area (Å²) in [6.07, 6.45) is -4.88. The second-order valence-electron chi connectivity index (χ2n) is 16.2. The Labute approximate surface area is 300 Å². The van der Waals surface area contributed by atoms with E-state index in [9.17, 15) is 29.4 Å². The molecule has 3 aliphatic carbocycles. The molecule has 0 amide bonds. The van der Waals surface area contributed by atoms with Crippen LogP contribution in [0.15, 0.2) is 11.6 Å². The molecule has 8 rings (SSSR count). The highest BCUT2D eigenvalue weighted by Gasteiger charge is 2.95. The van der Waals surface area contributed by atoms with E-state index in [0.717, 1.165) is 0 Å². The summed E-state index contributed by atoms with van der Waals surface area (Å²) in [5, 5.41) is 25.9. The summed E-state index contributed by atoms with van der Waals surface area (Å²) < 4.78 is 61.9. The monoisotopic (exact) mass is 736 g/mol. The summed E-state index contributed by atoms with van der Waals surface area (Å²) in [6, 6.07) is 0. The minimum Gasteiger partial charge on any atom is -0.468 e. The number of hydrogen-bond donors (Lipinski definition) is 2. The largest absolute Gasteiger partial charge is 0.468 e. The van der Waals surface area contributed by atoms with E-state index in [1.165, 1.54) is 28.3 Å². The maximum atomic E-state index is 14.4. The van der Waals surface area contributed by atoms with Gasteiger partial charge in [-0.25, -0.2) is 9.59 Å². The van der Waals surface area contributed by atoms with Gasteiger partial charge in [-0.1, -0.05) is 13.0 Å². The van der Waals surface area contributed by atoms with Crippen molar-refractivity contribution in [3.05, 3.63) is 11.6 Å². The number of rotatable bonds is 6. The van der Waals surface area contributed by atoms with E-state index < -0.39 is 117 Å². The molecule has 0 unspecified atom stereocenters. The Bertz CT molecular complexity index is 1630. The molecule has 5 aliphatic heterocycles. The summed E-state index contributed by atoms with van der Waals surface area (Å²) in [6.45, 7) is 7.53. The van der Waals surface area contributed by atoms with Crippen molar-refractivity contribution in [2.45, 2.75) is 113 Å². The molecule has 5 heterocycles. The molecule has 0 aromatic carbocycles. The Morgan fingerprint density at radius 2 is 1.62 bits per heavy atom. The van der Waals surface area contributed by atoms with Crippen molar-refractivity contribution in [1.29, 1.82) is 0 Å². The predicted octanol–water partition coefficient (Wildman–Crippen LogP) is 0.327. The van der Waals surface area contributed by atoms with E-state index in [1.54, 1.807) is 33.8 Å². The van der Waals surface area contributed by atoms with E-state index in [-0.39, 0.29) is 44.7 Å². The van der Waals surface area contributed by atoms with Crippen LogP contribution >= 0.6 is 0 Å². The molecule has 3 saturated carbocycles. The number of aliphatic hydroxyl groups is 2. The minimum absolute atomic E-state index is 0.193. The second-order valence-corrected chi connectivity index (χ2v) is 16.2.